The number of allylic oxidation sites excluding steroid dienone is 1. The van der Waals surface area contributed by atoms with E-state index in [-0.39, 0.29) is 5.78 Å². The van der Waals surface area contributed by atoms with Crippen molar-refractivity contribution in [2.75, 3.05) is 19.6 Å². The number of nitrogens with zero attached hydrogens (tertiary/aromatic N) is 2. The molecule has 1 aromatic heterocycles. The number of ether oxygens (including phenoxy) is 1. The predicted octanol–water partition coefficient (Wildman–Crippen LogP) is 3.63. The Kier molecular flexibility index (Phi) is 5.52. The van der Waals surface area contributed by atoms with Gasteiger partial charge in [-0.3, -0.25) is 4.79 Å². The molecule has 0 aliphatic rings. The van der Waals surface area contributed by atoms with Crippen LogP contribution in [0.2, 0.25) is 0 Å². The Labute approximate surface area is 132 Å². The minimum absolute atomic E-state index is 0.0330. The lowest BCUT2D eigenvalue weighted by molar-refractivity contribution is 0.105. The molecule has 1 aromatic carbocycles. The lowest BCUT2D eigenvalue weighted by Crippen LogP contribution is -2.09. The second-order valence-corrected chi connectivity index (χ2v) is 5.96. The predicted molar refractivity (Wildman–Crippen MR) is 89.8 cm³/mol. The summed E-state index contributed by atoms with van der Waals surface area (Å²) in [4.78, 5) is 16.9. The van der Waals surface area contributed by atoms with Crippen LogP contribution in [0.3, 0.4) is 0 Å². The third-order valence-electron chi connectivity index (χ3n) is 2.89. The van der Waals surface area contributed by atoms with Crippen LogP contribution >= 0.6 is 23.5 Å². The van der Waals surface area contributed by atoms with E-state index in [0.29, 0.717) is 11.3 Å². The first kappa shape index (κ1) is 15.7. The molecule has 0 radical (unpaired) electrons. The molecule has 0 aliphatic carbocycles. The highest BCUT2D eigenvalue weighted by molar-refractivity contribution is 8.22. The van der Waals surface area contributed by atoms with Gasteiger partial charge in [0.05, 0.1) is 17.7 Å². The Bertz CT molecular complexity index is 628. The highest BCUT2D eigenvalue weighted by atomic mass is 32.2. The lowest BCUT2D eigenvalue weighted by atomic mass is 10.1. The number of imidazole rings is 1. The maximum Gasteiger partial charge on any atom is 0.211 e. The van der Waals surface area contributed by atoms with Gasteiger partial charge in [0.25, 0.3) is 0 Å². The van der Waals surface area contributed by atoms with E-state index in [1.165, 1.54) is 0 Å². The lowest BCUT2D eigenvalue weighted by Gasteiger charge is -2.12. The fourth-order valence-corrected chi connectivity index (χ4v) is 3.31. The molecule has 0 atom stereocenters. The van der Waals surface area contributed by atoms with Gasteiger partial charge in [-0.05, 0) is 36.8 Å². The zero-order valence-corrected chi connectivity index (χ0v) is 13.7. The van der Waals surface area contributed by atoms with Gasteiger partial charge in [0.1, 0.15) is 11.4 Å². The first-order valence-electron chi connectivity index (χ1n) is 6.20. The summed E-state index contributed by atoms with van der Waals surface area (Å²) in [6.07, 6.45) is 9.01. The maximum absolute atomic E-state index is 12.8. The third-order valence-corrected chi connectivity index (χ3v) is 5.02. The number of rotatable bonds is 6. The fourth-order valence-electron chi connectivity index (χ4n) is 1.86. The second-order valence-electron chi connectivity index (χ2n) is 4.07. The number of hydrogen-bond acceptors (Lipinski definition) is 5. The van der Waals surface area contributed by atoms with E-state index in [9.17, 15) is 4.79 Å². The van der Waals surface area contributed by atoms with Gasteiger partial charge < -0.3 is 9.30 Å². The van der Waals surface area contributed by atoms with Crippen molar-refractivity contribution in [3.05, 3.63) is 52.8 Å². The summed E-state index contributed by atoms with van der Waals surface area (Å²) in [5.41, 5.74) is 1.25. The molecule has 0 aliphatic heterocycles. The first-order chi connectivity index (χ1) is 10.2. The van der Waals surface area contributed by atoms with Crippen molar-refractivity contribution < 1.29 is 9.53 Å². The number of methoxy groups -OCH3 is 1. The topological polar surface area (TPSA) is 44.1 Å². The minimum Gasteiger partial charge on any atom is -0.497 e. The van der Waals surface area contributed by atoms with Crippen LogP contribution in [0, 0.1) is 0 Å². The summed E-state index contributed by atoms with van der Waals surface area (Å²) >= 11 is 3.11. The van der Waals surface area contributed by atoms with E-state index in [4.69, 9.17) is 4.74 Å². The summed E-state index contributed by atoms with van der Waals surface area (Å²) in [5.74, 6) is 0.698. The molecular weight excluding hydrogens is 304 g/mol. The van der Waals surface area contributed by atoms with Crippen molar-refractivity contribution in [2.24, 2.45) is 0 Å². The zero-order chi connectivity index (χ0) is 15.2. The van der Waals surface area contributed by atoms with Crippen molar-refractivity contribution in [3.63, 3.8) is 0 Å². The molecule has 2 aromatic rings. The molecule has 0 amide bonds. The normalized spacial score (nSPS) is 10.2. The number of Topliss-reactive ketones (excluding diaryl/α,β-unsaturated/α-hetero) is 1. The SMILES string of the molecule is COc1ccc(C(=O)C(=C(SC)SC)n2ccnc2)cc1. The standard InChI is InChI=1S/C15H16N2O2S2/c1-19-12-6-4-11(5-7-12)14(18)13(15(20-2)21-3)17-9-8-16-10-17/h4-10H,1-3H3. The highest BCUT2D eigenvalue weighted by Crippen LogP contribution is 2.32. The Morgan fingerprint density at radius 3 is 2.33 bits per heavy atom. The summed E-state index contributed by atoms with van der Waals surface area (Å²) in [6, 6.07) is 7.12. The van der Waals surface area contributed by atoms with E-state index >= 15 is 0 Å². The molecule has 110 valence electrons. The Hall–Kier alpha value is -1.66. The molecule has 2 rings (SSSR count). The van der Waals surface area contributed by atoms with Gasteiger partial charge in [0.2, 0.25) is 5.78 Å². The molecule has 0 bridgehead atoms. The third kappa shape index (κ3) is 3.51. The van der Waals surface area contributed by atoms with Gasteiger partial charge in [0, 0.05) is 18.0 Å². The minimum atomic E-state index is -0.0330. The van der Waals surface area contributed by atoms with E-state index in [1.54, 1.807) is 78.2 Å². The monoisotopic (exact) mass is 320 g/mol. The average Bonchev–Trinajstić information content (AvgIpc) is 3.05. The van der Waals surface area contributed by atoms with Crippen LogP contribution in [0.4, 0.5) is 0 Å². The van der Waals surface area contributed by atoms with Gasteiger partial charge in [-0.2, -0.15) is 0 Å². The summed E-state index contributed by atoms with van der Waals surface area (Å²) < 4.78 is 7.84. The number of carbonyl (C=O) groups excluding carboxylic acids is 1. The van der Waals surface area contributed by atoms with Crippen LogP contribution < -0.4 is 4.74 Å². The van der Waals surface area contributed by atoms with Crippen molar-refractivity contribution in [1.29, 1.82) is 0 Å². The van der Waals surface area contributed by atoms with Crippen LogP contribution in [0.15, 0.2) is 47.2 Å². The molecule has 21 heavy (non-hydrogen) atoms. The van der Waals surface area contributed by atoms with Gasteiger partial charge in [-0.1, -0.05) is 0 Å². The van der Waals surface area contributed by atoms with E-state index in [1.807, 2.05) is 12.5 Å². The molecule has 0 saturated heterocycles. The van der Waals surface area contributed by atoms with Gasteiger partial charge >= 0.3 is 0 Å². The molecule has 6 heteroatoms. The number of thioether (sulfide) groups is 2. The average molecular weight is 320 g/mol. The largest absolute Gasteiger partial charge is 0.497 e. The maximum atomic E-state index is 12.8. The van der Waals surface area contributed by atoms with E-state index in [2.05, 4.69) is 4.98 Å². The van der Waals surface area contributed by atoms with Gasteiger partial charge in [-0.25, -0.2) is 4.98 Å². The number of ketones is 1. The highest BCUT2D eigenvalue weighted by Gasteiger charge is 2.18. The molecule has 1 heterocycles. The zero-order valence-electron chi connectivity index (χ0n) is 12.1. The smallest absolute Gasteiger partial charge is 0.211 e. The molecule has 4 nitrogen and oxygen atoms in total. The Balaban J connectivity index is 2.46. The van der Waals surface area contributed by atoms with Crippen molar-refractivity contribution in [1.82, 2.24) is 9.55 Å². The quantitative estimate of drug-likeness (QED) is 0.601. The molecule has 0 unspecified atom stereocenters. The Morgan fingerprint density at radius 1 is 1.19 bits per heavy atom. The first-order valence-corrected chi connectivity index (χ1v) is 8.65. The van der Waals surface area contributed by atoms with Gasteiger partial charge in [0.15, 0.2) is 0 Å². The van der Waals surface area contributed by atoms with E-state index in [0.717, 1.165) is 9.99 Å². The number of hydrogen-bond donors (Lipinski definition) is 0. The summed E-state index contributed by atoms with van der Waals surface area (Å²) in [5, 5.41) is 0. The molecule has 0 spiro atoms. The Morgan fingerprint density at radius 2 is 1.86 bits per heavy atom. The number of aromatic nitrogens is 2. The van der Waals surface area contributed by atoms with Crippen molar-refractivity contribution in [2.45, 2.75) is 0 Å². The second kappa shape index (κ2) is 7.38. The summed E-state index contributed by atoms with van der Waals surface area (Å²) in [7, 11) is 1.60. The van der Waals surface area contributed by atoms with Crippen LogP contribution in [0.1, 0.15) is 10.4 Å². The molecule has 0 fully saturated rings. The van der Waals surface area contributed by atoms with Crippen LogP contribution in [0.5, 0.6) is 5.75 Å². The van der Waals surface area contributed by atoms with Crippen molar-refractivity contribution >= 4 is 35.0 Å². The summed E-state index contributed by atoms with van der Waals surface area (Å²) in [6.45, 7) is 0. The van der Waals surface area contributed by atoms with E-state index < -0.39 is 0 Å². The number of benzene rings is 1. The molecule has 0 N–H and O–H groups in total. The number of carbonyl (C=O) groups is 1. The van der Waals surface area contributed by atoms with Crippen LogP contribution in [-0.2, 0) is 0 Å². The molecular formula is C15H16N2O2S2. The van der Waals surface area contributed by atoms with Gasteiger partial charge in [-0.15, -0.1) is 23.5 Å². The van der Waals surface area contributed by atoms with Crippen molar-refractivity contribution in [3.8, 4) is 5.75 Å². The van der Waals surface area contributed by atoms with Crippen LogP contribution in [-0.4, -0.2) is 35.0 Å². The molecule has 0 saturated carbocycles. The fraction of sp³-hybridized carbons (Fsp3) is 0.200. The van der Waals surface area contributed by atoms with Crippen LogP contribution in [0.25, 0.3) is 5.70 Å².